The molecule has 0 aliphatic heterocycles. The highest BCUT2D eigenvalue weighted by atomic mass is 19.1. The van der Waals surface area contributed by atoms with E-state index in [0.717, 1.165) is 11.1 Å². The third-order valence-corrected chi connectivity index (χ3v) is 5.40. The average Bonchev–Trinajstić information content (AvgIpc) is 2.79. The number of anilines is 1. The minimum atomic E-state index is -0.664. The molecule has 0 spiro atoms. The molecule has 6 heteroatoms. The zero-order valence-corrected chi connectivity index (χ0v) is 18.0. The summed E-state index contributed by atoms with van der Waals surface area (Å²) in [7, 11) is 0. The Hall–Kier alpha value is -4.06. The molecule has 4 aromatic rings. The number of halogens is 1. The van der Waals surface area contributed by atoms with Gasteiger partial charge >= 0.3 is 0 Å². The first kappa shape index (κ1) is 21.2. The Morgan fingerprint density at radius 1 is 0.906 bits per heavy atom. The van der Waals surface area contributed by atoms with Crippen LogP contribution >= 0.6 is 0 Å². The lowest BCUT2D eigenvalue weighted by Gasteiger charge is -2.19. The first-order valence-electron chi connectivity index (χ1n) is 10.2. The Kier molecular flexibility index (Phi) is 5.69. The van der Waals surface area contributed by atoms with Crippen LogP contribution in [0.5, 0.6) is 0 Å². The van der Waals surface area contributed by atoms with Gasteiger partial charge in [-0.15, -0.1) is 0 Å². The molecular formula is C26H22FN3O2. The van der Waals surface area contributed by atoms with E-state index in [1.165, 1.54) is 22.9 Å². The number of nitrogens with zero attached hydrogens (tertiary/aromatic N) is 2. The van der Waals surface area contributed by atoms with E-state index in [9.17, 15) is 14.0 Å². The van der Waals surface area contributed by atoms with Gasteiger partial charge in [0.2, 0.25) is 5.43 Å². The summed E-state index contributed by atoms with van der Waals surface area (Å²) in [4.78, 5) is 26.2. The minimum absolute atomic E-state index is 0.119. The van der Waals surface area contributed by atoms with E-state index >= 15 is 0 Å². The van der Waals surface area contributed by atoms with Gasteiger partial charge in [0.05, 0.1) is 16.8 Å². The minimum Gasteiger partial charge on any atom is -0.306 e. The number of benzene rings is 3. The molecule has 0 unspecified atom stereocenters. The first-order valence-corrected chi connectivity index (χ1v) is 10.2. The molecule has 5 nitrogen and oxygen atoms in total. The van der Waals surface area contributed by atoms with Gasteiger partial charge in [-0.1, -0.05) is 48.5 Å². The van der Waals surface area contributed by atoms with Crippen LogP contribution in [-0.2, 0) is 0 Å². The van der Waals surface area contributed by atoms with Crippen molar-refractivity contribution in [1.29, 1.82) is 0 Å². The molecule has 0 atom stereocenters. The summed E-state index contributed by atoms with van der Waals surface area (Å²) in [6, 6.07) is 20.5. The standard InChI is InChI=1S/C26H22FN3O2/c1-16-13-14-20(15-17(16)2)30-25(28-26(32)21-11-7-8-12-22(21)27)23(24(31)18(3)29-30)19-9-5-4-6-10-19/h4-15H,1-3H3,(H,28,32). The second-order valence-corrected chi connectivity index (χ2v) is 7.62. The molecule has 0 saturated carbocycles. The predicted molar refractivity (Wildman–Crippen MR) is 124 cm³/mol. The molecule has 0 radical (unpaired) electrons. The highest BCUT2D eigenvalue weighted by molar-refractivity contribution is 6.06. The smallest absolute Gasteiger partial charge is 0.259 e. The Labute approximate surface area is 185 Å². The van der Waals surface area contributed by atoms with Crippen LogP contribution < -0.4 is 10.7 Å². The number of carbonyl (C=O) groups excluding carboxylic acids is 1. The van der Waals surface area contributed by atoms with Crippen LogP contribution in [0.3, 0.4) is 0 Å². The molecule has 32 heavy (non-hydrogen) atoms. The lowest BCUT2D eigenvalue weighted by Crippen LogP contribution is -2.25. The SMILES string of the molecule is Cc1ccc(-n2nc(C)c(=O)c(-c3ccccc3)c2NC(=O)c2ccccc2F)cc1C. The van der Waals surface area contributed by atoms with Crippen LogP contribution in [0.4, 0.5) is 10.2 Å². The van der Waals surface area contributed by atoms with Crippen molar-refractivity contribution in [3.8, 4) is 16.8 Å². The highest BCUT2D eigenvalue weighted by Crippen LogP contribution is 2.28. The summed E-state index contributed by atoms with van der Waals surface area (Å²) in [5.41, 5.74) is 3.60. The fraction of sp³-hybridized carbons (Fsp3) is 0.115. The van der Waals surface area contributed by atoms with Crippen LogP contribution in [0.2, 0.25) is 0 Å². The second-order valence-electron chi connectivity index (χ2n) is 7.62. The highest BCUT2D eigenvalue weighted by Gasteiger charge is 2.22. The van der Waals surface area contributed by atoms with E-state index in [4.69, 9.17) is 0 Å². The fourth-order valence-corrected chi connectivity index (χ4v) is 3.49. The van der Waals surface area contributed by atoms with Crippen molar-refractivity contribution < 1.29 is 9.18 Å². The van der Waals surface area contributed by atoms with Crippen molar-refractivity contribution in [3.63, 3.8) is 0 Å². The largest absolute Gasteiger partial charge is 0.306 e. The number of hydrogen-bond acceptors (Lipinski definition) is 3. The predicted octanol–water partition coefficient (Wildman–Crippen LogP) is 5.22. The van der Waals surface area contributed by atoms with E-state index in [0.29, 0.717) is 16.8 Å². The molecule has 0 aliphatic rings. The van der Waals surface area contributed by atoms with Crippen LogP contribution in [0.1, 0.15) is 27.2 Å². The Balaban J connectivity index is 1.99. The van der Waals surface area contributed by atoms with Gasteiger partial charge in [0.1, 0.15) is 17.3 Å². The zero-order chi connectivity index (χ0) is 22.8. The van der Waals surface area contributed by atoms with Gasteiger partial charge in [-0.05, 0) is 61.7 Å². The van der Waals surface area contributed by atoms with Crippen molar-refractivity contribution in [1.82, 2.24) is 9.78 Å². The molecule has 1 N–H and O–H groups in total. The quantitative estimate of drug-likeness (QED) is 0.486. The molecule has 0 bridgehead atoms. The number of aromatic nitrogens is 2. The van der Waals surface area contributed by atoms with Gasteiger partial charge in [-0.3, -0.25) is 9.59 Å². The maximum atomic E-state index is 14.3. The van der Waals surface area contributed by atoms with Crippen molar-refractivity contribution in [2.45, 2.75) is 20.8 Å². The molecule has 4 rings (SSSR count). The fourth-order valence-electron chi connectivity index (χ4n) is 3.49. The Morgan fingerprint density at radius 2 is 1.59 bits per heavy atom. The number of hydrogen-bond donors (Lipinski definition) is 1. The van der Waals surface area contributed by atoms with Gasteiger partial charge in [0, 0.05) is 0 Å². The van der Waals surface area contributed by atoms with Crippen molar-refractivity contribution in [2.24, 2.45) is 0 Å². The van der Waals surface area contributed by atoms with Crippen LogP contribution in [-0.4, -0.2) is 15.7 Å². The van der Waals surface area contributed by atoms with Crippen LogP contribution in [0, 0.1) is 26.6 Å². The summed E-state index contributed by atoms with van der Waals surface area (Å²) >= 11 is 0. The first-order chi connectivity index (χ1) is 15.4. The Bertz CT molecular complexity index is 1380. The summed E-state index contributed by atoms with van der Waals surface area (Å²) in [6.45, 7) is 5.61. The van der Waals surface area contributed by atoms with Gasteiger partial charge in [0.25, 0.3) is 5.91 Å². The number of rotatable bonds is 4. The van der Waals surface area contributed by atoms with Crippen molar-refractivity contribution in [3.05, 3.63) is 111 Å². The molecule has 3 aromatic carbocycles. The van der Waals surface area contributed by atoms with Crippen LogP contribution in [0.15, 0.2) is 77.6 Å². The number of nitrogens with one attached hydrogen (secondary N) is 1. The molecule has 1 amide bonds. The molecule has 0 saturated heterocycles. The number of carbonyl (C=O) groups is 1. The monoisotopic (exact) mass is 427 g/mol. The van der Waals surface area contributed by atoms with E-state index in [2.05, 4.69) is 10.4 Å². The van der Waals surface area contributed by atoms with Gasteiger partial charge in [0.15, 0.2) is 0 Å². The summed E-state index contributed by atoms with van der Waals surface area (Å²) in [5, 5.41) is 7.22. The molecular weight excluding hydrogens is 405 g/mol. The van der Waals surface area contributed by atoms with Gasteiger partial charge in [-0.25, -0.2) is 9.07 Å². The molecule has 160 valence electrons. The maximum Gasteiger partial charge on any atom is 0.259 e. The lowest BCUT2D eigenvalue weighted by atomic mass is 10.0. The topological polar surface area (TPSA) is 64.0 Å². The second kappa shape index (κ2) is 8.59. The zero-order valence-electron chi connectivity index (χ0n) is 18.0. The van der Waals surface area contributed by atoms with E-state index < -0.39 is 11.7 Å². The van der Waals surface area contributed by atoms with E-state index in [1.54, 1.807) is 25.1 Å². The Morgan fingerprint density at radius 3 is 2.28 bits per heavy atom. The van der Waals surface area contributed by atoms with Crippen molar-refractivity contribution >= 4 is 11.7 Å². The van der Waals surface area contributed by atoms with Gasteiger partial charge in [-0.2, -0.15) is 5.10 Å². The third-order valence-electron chi connectivity index (χ3n) is 5.40. The van der Waals surface area contributed by atoms with Gasteiger partial charge < -0.3 is 5.32 Å². The van der Waals surface area contributed by atoms with Crippen molar-refractivity contribution in [2.75, 3.05) is 5.32 Å². The maximum absolute atomic E-state index is 14.3. The lowest BCUT2D eigenvalue weighted by molar-refractivity contribution is 0.102. The third kappa shape index (κ3) is 3.95. The molecule has 0 aliphatic carbocycles. The molecule has 0 fully saturated rings. The number of aryl methyl sites for hydroxylation is 3. The molecule has 1 aromatic heterocycles. The summed E-state index contributed by atoms with van der Waals surface area (Å²) < 4.78 is 15.8. The van der Waals surface area contributed by atoms with E-state index in [-0.39, 0.29) is 22.5 Å². The normalized spacial score (nSPS) is 10.8. The van der Waals surface area contributed by atoms with Crippen LogP contribution in [0.25, 0.3) is 16.8 Å². The average molecular weight is 427 g/mol. The summed E-state index contributed by atoms with van der Waals surface area (Å²) in [6.07, 6.45) is 0. The van der Waals surface area contributed by atoms with E-state index in [1.807, 2.05) is 50.2 Å². The molecule has 1 heterocycles. The number of amides is 1. The summed E-state index contributed by atoms with van der Waals surface area (Å²) in [5.74, 6) is -1.13.